The molecule has 4 rings (SSSR count). The first-order valence-corrected chi connectivity index (χ1v) is 16.0. The fourth-order valence-corrected chi connectivity index (χ4v) is 6.95. The Morgan fingerprint density at radius 3 is 2.66 bits per heavy atom. The number of carbonyl (C=O) groups is 1. The molecule has 41 heavy (non-hydrogen) atoms. The number of carbonyl (C=O) groups excluding carboxylic acids is 1. The molecule has 1 saturated heterocycles. The first-order chi connectivity index (χ1) is 19.4. The first kappa shape index (κ1) is 31.5. The van der Waals surface area contributed by atoms with Gasteiger partial charge in [-0.3, -0.25) is 9.36 Å². The summed E-state index contributed by atoms with van der Waals surface area (Å²) in [6.07, 6.45) is -3.96. The number of hydrogen-bond donors (Lipinski definition) is 3. The van der Waals surface area contributed by atoms with E-state index in [1.54, 1.807) is 65.1 Å². The number of nitrogens with zero attached hydrogens (tertiary/aromatic N) is 4. The van der Waals surface area contributed by atoms with Gasteiger partial charge in [0.1, 0.15) is 29.3 Å². The number of ether oxygens (including phenoxy) is 2. The minimum absolute atomic E-state index is 0.310. The quantitative estimate of drug-likeness (QED) is 0.153. The van der Waals surface area contributed by atoms with Crippen molar-refractivity contribution < 1.29 is 32.8 Å². The molecule has 1 aromatic carbocycles. The third-order valence-corrected chi connectivity index (χ3v) is 9.18. The molecule has 0 spiro atoms. The Kier molecular flexibility index (Phi) is 9.85. The number of rotatable bonds is 12. The van der Waals surface area contributed by atoms with Crippen LogP contribution in [-0.4, -0.2) is 80.2 Å². The highest BCUT2D eigenvalue weighted by atomic mass is 35.5. The van der Waals surface area contributed by atoms with E-state index in [9.17, 15) is 9.90 Å². The van der Waals surface area contributed by atoms with Gasteiger partial charge in [0.25, 0.3) is 0 Å². The van der Waals surface area contributed by atoms with Crippen LogP contribution in [0.15, 0.2) is 36.7 Å². The molecule has 2 aromatic heterocycles. The molecule has 3 heterocycles. The summed E-state index contributed by atoms with van der Waals surface area (Å²) in [4.78, 5) is 25.5. The van der Waals surface area contributed by atoms with Crippen LogP contribution in [0, 0.1) is 6.92 Å². The van der Waals surface area contributed by atoms with E-state index in [0.29, 0.717) is 28.6 Å². The number of aliphatic hydroxyl groups is 1. The van der Waals surface area contributed by atoms with Crippen LogP contribution < -0.4 is 14.9 Å². The number of anilines is 1. The Bertz CT molecular complexity index is 1420. The number of fused-ring (bicyclic) bond motifs is 1. The van der Waals surface area contributed by atoms with Gasteiger partial charge in [0.05, 0.1) is 24.9 Å². The maximum Gasteiger partial charge on any atom is 0.323 e. The zero-order valence-electron chi connectivity index (χ0n) is 23.2. The number of nitrogens with one attached hydrogen (secondary N) is 2. The van der Waals surface area contributed by atoms with E-state index >= 15 is 4.39 Å². The van der Waals surface area contributed by atoms with Crippen LogP contribution in [0.25, 0.3) is 11.2 Å². The molecule has 12 nitrogen and oxygen atoms in total. The lowest BCUT2D eigenvalue weighted by Crippen LogP contribution is -2.48. The van der Waals surface area contributed by atoms with Crippen molar-refractivity contribution in [2.75, 3.05) is 24.9 Å². The van der Waals surface area contributed by atoms with Crippen molar-refractivity contribution in [3.8, 4) is 5.75 Å². The van der Waals surface area contributed by atoms with Gasteiger partial charge in [0.2, 0.25) is 0 Å². The Morgan fingerprint density at radius 2 is 2.02 bits per heavy atom. The third-order valence-electron chi connectivity index (χ3n) is 6.24. The number of para-hydroxylation sites is 1. The minimum atomic E-state index is -3.52. The van der Waals surface area contributed by atoms with Crippen molar-refractivity contribution in [3.63, 3.8) is 0 Å². The summed E-state index contributed by atoms with van der Waals surface area (Å²) in [7, 11) is 1.68. The minimum Gasteiger partial charge on any atom is -0.462 e. The summed E-state index contributed by atoms with van der Waals surface area (Å²) in [6, 6.07) is 7.72. The Morgan fingerprint density at radius 1 is 1.32 bits per heavy atom. The van der Waals surface area contributed by atoms with Crippen LogP contribution in [0.1, 0.15) is 32.8 Å². The van der Waals surface area contributed by atoms with Crippen molar-refractivity contribution in [2.45, 2.75) is 63.9 Å². The van der Waals surface area contributed by atoms with E-state index in [2.05, 4.69) is 25.4 Å². The predicted molar refractivity (Wildman–Crippen MR) is 155 cm³/mol. The summed E-state index contributed by atoms with van der Waals surface area (Å²) < 4.78 is 40.5. The van der Waals surface area contributed by atoms with Crippen LogP contribution in [0.4, 0.5) is 10.2 Å². The van der Waals surface area contributed by atoms with E-state index < -0.39 is 49.4 Å². The lowest BCUT2D eigenvalue weighted by molar-refractivity contribution is -0.149. The molecule has 0 aliphatic carbocycles. The number of esters is 1. The Labute approximate surface area is 247 Å². The second-order valence-corrected chi connectivity index (χ2v) is 13.2. The lowest BCUT2D eigenvalue weighted by Gasteiger charge is -2.33. The van der Waals surface area contributed by atoms with Gasteiger partial charge in [-0.15, -0.1) is 11.6 Å². The van der Waals surface area contributed by atoms with Crippen molar-refractivity contribution in [2.24, 2.45) is 0 Å². The standard InChI is InChI=1S/C25H33ClFN6O6PS/c1-14(2)37-24(35)15(3)32-40(41,39-17-9-7-6-8-10-17)36-12-25(11-26)20(34)18(27)23(38-25)33-13-29-19-21(28-5)30-16(4)31-22(19)33/h6-10,13-15,18,20,23,34H,11-12H2,1-5H3,(H,32,41)(H,28,30,31)/t15-,18-,20-,23+,25+,40-/m0/s1. The van der Waals surface area contributed by atoms with Gasteiger partial charge in [-0.05, 0) is 51.6 Å². The highest BCUT2D eigenvalue weighted by molar-refractivity contribution is 8.09. The maximum absolute atomic E-state index is 15.7. The zero-order valence-corrected chi connectivity index (χ0v) is 25.6. The fraction of sp³-hybridized carbons (Fsp3) is 0.520. The summed E-state index contributed by atoms with van der Waals surface area (Å²) >= 11 is 12.0. The highest BCUT2D eigenvalue weighted by Gasteiger charge is 2.57. The SMILES string of the molecule is CNc1nc(C)nc2c1ncn2[C@@H]1O[C@](CCl)(CO[P@@](=S)(N[C@@H](C)C(=O)OC(C)C)Oc2ccccc2)[C@@H](O)[C@@H]1F. The van der Waals surface area contributed by atoms with Crippen LogP contribution in [-0.2, 0) is 30.6 Å². The molecule has 0 saturated carbocycles. The number of benzene rings is 1. The smallest absolute Gasteiger partial charge is 0.323 e. The summed E-state index contributed by atoms with van der Waals surface area (Å²) in [6.45, 7) is 2.71. The molecule has 0 amide bonds. The largest absolute Gasteiger partial charge is 0.462 e. The molecular weight excluding hydrogens is 598 g/mol. The molecule has 6 atom stereocenters. The highest BCUT2D eigenvalue weighted by Crippen LogP contribution is 2.49. The number of alkyl halides is 2. The Balaban J connectivity index is 1.61. The monoisotopic (exact) mass is 630 g/mol. The fourth-order valence-electron chi connectivity index (χ4n) is 4.21. The first-order valence-electron chi connectivity index (χ1n) is 12.8. The van der Waals surface area contributed by atoms with Crippen LogP contribution in [0.5, 0.6) is 5.75 Å². The van der Waals surface area contributed by atoms with Crippen LogP contribution in [0.2, 0.25) is 0 Å². The number of halogens is 2. The van der Waals surface area contributed by atoms with E-state index in [1.165, 1.54) is 10.9 Å². The third kappa shape index (κ3) is 6.80. The second kappa shape index (κ2) is 12.8. The number of aliphatic hydroxyl groups excluding tert-OH is 1. The maximum atomic E-state index is 15.7. The van der Waals surface area contributed by atoms with Gasteiger partial charge in [0.15, 0.2) is 29.4 Å². The van der Waals surface area contributed by atoms with Gasteiger partial charge in [0, 0.05) is 7.05 Å². The molecule has 16 heteroatoms. The number of aryl methyl sites for hydroxylation is 1. The zero-order chi connectivity index (χ0) is 29.9. The topological polar surface area (TPSA) is 142 Å². The normalized spacial score (nSPS) is 24.8. The van der Waals surface area contributed by atoms with Gasteiger partial charge in [-0.25, -0.2) is 24.4 Å². The van der Waals surface area contributed by atoms with Crippen molar-refractivity contribution in [3.05, 3.63) is 42.5 Å². The Hall–Kier alpha value is -2.45. The van der Waals surface area contributed by atoms with Crippen LogP contribution in [0.3, 0.4) is 0 Å². The molecule has 0 radical (unpaired) electrons. The van der Waals surface area contributed by atoms with Gasteiger partial charge >= 0.3 is 12.6 Å². The number of aromatic nitrogens is 4. The van der Waals surface area contributed by atoms with E-state index in [0.717, 1.165) is 0 Å². The molecular formula is C25H33ClFN6O6PS. The number of hydrogen-bond acceptors (Lipinski definition) is 11. The van der Waals surface area contributed by atoms with E-state index in [1.807, 2.05) is 0 Å². The molecule has 1 aliphatic heterocycles. The molecule has 1 fully saturated rings. The van der Waals surface area contributed by atoms with E-state index in [-0.39, 0.29) is 12.0 Å². The predicted octanol–water partition coefficient (Wildman–Crippen LogP) is 3.63. The van der Waals surface area contributed by atoms with Gasteiger partial charge < -0.3 is 28.9 Å². The summed E-state index contributed by atoms with van der Waals surface area (Å²) in [5.41, 5.74) is -1.02. The summed E-state index contributed by atoms with van der Waals surface area (Å²) in [5.74, 6) is 0.357. The number of imidazole rings is 1. The molecule has 3 N–H and O–H groups in total. The molecule has 3 aromatic rings. The molecule has 0 unspecified atom stereocenters. The van der Waals surface area contributed by atoms with Crippen LogP contribution >= 0.6 is 18.2 Å². The molecule has 1 aliphatic rings. The average Bonchev–Trinajstić information content (AvgIpc) is 3.46. The van der Waals surface area contributed by atoms with E-state index in [4.69, 9.17) is 41.9 Å². The molecule has 0 bridgehead atoms. The van der Waals surface area contributed by atoms with Gasteiger partial charge in [-0.1, -0.05) is 18.2 Å². The summed E-state index contributed by atoms with van der Waals surface area (Å²) in [5, 5.41) is 16.9. The van der Waals surface area contributed by atoms with Crippen molar-refractivity contribution in [1.82, 2.24) is 24.6 Å². The average molecular weight is 631 g/mol. The van der Waals surface area contributed by atoms with Crippen molar-refractivity contribution >= 4 is 53.0 Å². The van der Waals surface area contributed by atoms with Crippen molar-refractivity contribution in [1.29, 1.82) is 0 Å². The second-order valence-electron chi connectivity index (χ2n) is 9.80. The molecule has 224 valence electrons. The lowest BCUT2D eigenvalue weighted by atomic mass is 9.99. The van der Waals surface area contributed by atoms with Gasteiger partial charge in [-0.2, -0.15) is 0 Å².